The van der Waals surface area contributed by atoms with E-state index < -0.39 is 23.5 Å². The van der Waals surface area contributed by atoms with Crippen molar-refractivity contribution in [3.8, 4) is 0 Å². The van der Waals surface area contributed by atoms with E-state index in [1.807, 2.05) is 0 Å². The molecule has 0 spiro atoms. The summed E-state index contributed by atoms with van der Waals surface area (Å²) in [5.74, 6) is 0. The standard InChI is InChI=1S/C2H3F3N2OS/c3-2(4,5)9-7-1(6)8/h(H3,6,7,8). The summed E-state index contributed by atoms with van der Waals surface area (Å²) in [6.07, 6.45) is 0. The number of primary amides is 1. The zero-order valence-electron chi connectivity index (χ0n) is 4.03. The van der Waals surface area contributed by atoms with Gasteiger partial charge in [-0.05, 0) is 0 Å². The fourth-order valence-corrected chi connectivity index (χ4v) is 0.324. The first-order valence-corrected chi connectivity index (χ1v) is 2.53. The molecule has 0 saturated heterocycles. The van der Waals surface area contributed by atoms with E-state index in [4.69, 9.17) is 0 Å². The zero-order chi connectivity index (χ0) is 7.49. The topological polar surface area (TPSA) is 55.1 Å². The third-order valence-corrected chi connectivity index (χ3v) is 0.802. The molecule has 0 aliphatic rings. The van der Waals surface area contributed by atoms with Crippen LogP contribution in [0.15, 0.2) is 0 Å². The number of rotatable bonds is 1. The summed E-state index contributed by atoms with van der Waals surface area (Å²) in [6.45, 7) is 0. The molecule has 3 nitrogen and oxygen atoms in total. The van der Waals surface area contributed by atoms with Gasteiger partial charge in [0, 0.05) is 0 Å². The van der Waals surface area contributed by atoms with E-state index in [0.717, 1.165) is 0 Å². The second kappa shape index (κ2) is 2.81. The van der Waals surface area contributed by atoms with Crippen molar-refractivity contribution in [1.29, 1.82) is 0 Å². The Labute approximate surface area is 52.9 Å². The van der Waals surface area contributed by atoms with Crippen LogP contribution in [0.3, 0.4) is 0 Å². The summed E-state index contributed by atoms with van der Waals surface area (Å²) in [6, 6.07) is -1.21. The van der Waals surface area contributed by atoms with Crippen LogP contribution in [0.4, 0.5) is 18.0 Å². The maximum absolute atomic E-state index is 11.1. The van der Waals surface area contributed by atoms with Gasteiger partial charge in [-0.2, -0.15) is 13.2 Å². The van der Waals surface area contributed by atoms with Crippen molar-refractivity contribution in [1.82, 2.24) is 4.72 Å². The molecule has 0 aliphatic heterocycles. The van der Waals surface area contributed by atoms with Gasteiger partial charge < -0.3 is 5.73 Å². The lowest BCUT2D eigenvalue weighted by molar-refractivity contribution is -0.0333. The van der Waals surface area contributed by atoms with E-state index in [2.05, 4.69) is 5.73 Å². The Hall–Kier alpha value is -0.590. The second-order valence-corrected chi connectivity index (χ2v) is 1.89. The van der Waals surface area contributed by atoms with Gasteiger partial charge in [-0.3, -0.25) is 4.72 Å². The highest BCUT2D eigenvalue weighted by atomic mass is 32.2. The number of nitrogens with two attached hydrogens (primary N) is 1. The molecule has 7 heteroatoms. The Morgan fingerprint density at radius 3 is 2.11 bits per heavy atom. The predicted molar refractivity (Wildman–Crippen MR) is 26.4 cm³/mol. The van der Waals surface area contributed by atoms with Crippen LogP contribution in [0.1, 0.15) is 0 Å². The minimum Gasteiger partial charge on any atom is -0.351 e. The molecule has 0 saturated carbocycles. The number of halogens is 3. The number of urea groups is 1. The third kappa shape index (κ3) is 7.41. The molecule has 2 amide bonds. The van der Waals surface area contributed by atoms with Crippen molar-refractivity contribution >= 4 is 18.0 Å². The number of alkyl halides is 3. The summed E-state index contributed by atoms with van der Waals surface area (Å²) >= 11 is -0.683. The third-order valence-electron chi connectivity index (χ3n) is 0.267. The first-order chi connectivity index (χ1) is 3.92. The van der Waals surface area contributed by atoms with Crippen molar-refractivity contribution in [3.63, 3.8) is 0 Å². The average molecular weight is 160 g/mol. The number of carbonyl (C=O) groups excluding carboxylic acids is 1. The highest BCUT2D eigenvalue weighted by Gasteiger charge is 2.29. The highest BCUT2D eigenvalue weighted by molar-refractivity contribution is 7.98. The van der Waals surface area contributed by atoms with Crippen LogP contribution in [0.5, 0.6) is 0 Å². The molecular weight excluding hydrogens is 157 g/mol. The lowest BCUT2D eigenvalue weighted by atomic mass is 11.2. The number of nitrogens with one attached hydrogen (secondary N) is 1. The molecule has 0 aliphatic carbocycles. The van der Waals surface area contributed by atoms with Crippen LogP contribution < -0.4 is 10.5 Å². The summed E-state index contributed by atoms with van der Waals surface area (Å²) in [7, 11) is 0. The molecule has 0 radical (unpaired) electrons. The van der Waals surface area contributed by atoms with Crippen LogP contribution in [0.2, 0.25) is 0 Å². The van der Waals surface area contributed by atoms with Gasteiger partial charge in [0.25, 0.3) is 0 Å². The Kier molecular flexibility index (Phi) is 2.63. The predicted octanol–water partition coefficient (Wildman–Crippen LogP) is 0.823. The fourth-order valence-electron chi connectivity index (χ4n) is 0.108. The van der Waals surface area contributed by atoms with E-state index >= 15 is 0 Å². The summed E-state index contributed by atoms with van der Waals surface area (Å²) in [4.78, 5) is 9.64. The molecule has 3 N–H and O–H groups in total. The Balaban J connectivity index is 3.39. The number of hydrogen-bond acceptors (Lipinski definition) is 2. The van der Waals surface area contributed by atoms with Gasteiger partial charge in [-0.25, -0.2) is 4.79 Å². The number of carbonyl (C=O) groups is 1. The maximum Gasteiger partial charge on any atom is 0.461 e. The van der Waals surface area contributed by atoms with E-state index in [0.29, 0.717) is 0 Å². The van der Waals surface area contributed by atoms with Crippen molar-refractivity contribution < 1.29 is 18.0 Å². The van der Waals surface area contributed by atoms with E-state index in [1.165, 1.54) is 4.72 Å². The van der Waals surface area contributed by atoms with Gasteiger partial charge >= 0.3 is 11.5 Å². The molecule has 0 heterocycles. The van der Waals surface area contributed by atoms with Crippen LogP contribution in [-0.2, 0) is 0 Å². The molecule has 0 bridgehead atoms. The SMILES string of the molecule is NC(=O)NSC(F)(F)F. The van der Waals surface area contributed by atoms with Crippen molar-refractivity contribution in [2.75, 3.05) is 0 Å². The fraction of sp³-hybridized carbons (Fsp3) is 0.500. The van der Waals surface area contributed by atoms with Gasteiger partial charge in [0.15, 0.2) is 0 Å². The van der Waals surface area contributed by atoms with E-state index in [-0.39, 0.29) is 0 Å². The Morgan fingerprint density at radius 2 is 2.00 bits per heavy atom. The van der Waals surface area contributed by atoms with Gasteiger partial charge in [0.1, 0.15) is 0 Å². The van der Waals surface area contributed by atoms with Crippen LogP contribution >= 0.6 is 11.9 Å². The molecule has 0 fully saturated rings. The maximum atomic E-state index is 11.1. The van der Waals surface area contributed by atoms with Crippen LogP contribution in [-0.4, -0.2) is 11.5 Å². The van der Waals surface area contributed by atoms with Crippen molar-refractivity contribution in [2.24, 2.45) is 5.73 Å². The zero-order valence-corrected chi connectivity index (χ0v) is 4.84. The second-order valence-electron chi connectivity index (χ2n) is 1.01. The minimum atomic E-state index is -4.46. The number of amides is 2. The molecule has 0 atom stereocenters. The van der Waals surface area contributed by atoms with E-state index in [1.54, 1.807) is 0 Å². The van der Waals surface area contributed by atoms with Gasteiger partial charge in [0.05, 0.1) is 11.9 Å². The largest absolute Gasteiger partial charge is 0.461 e. The quantitative estimate of drug-likeness (QED) is 0.558. The van der Waals surface area contributed by atoms with Gasteiger partial charge in [-0.1, -0.05) is 0 Å². The molecule has 0 aromatic carbocycles. The number of hydrogen-bond donors (Lipinski definition) is 2. The summed E-state index contributed by atoms with van der Waals surface area (Å²) < 4.78 is 34.6. The average Bonchev–Trinajstić information content (AvgIpc) is 1.59. The van der Waals surface area contributed by atoms with Crippen LogP contribution in [0, 0.1) is 0 Å². The lowest BCUT2D eigenvalue weighted by Crippen LogP contribution is -2.26. The highest BCUT2D eigenvalue weighted by Crippen LogP contribution is 2.26. The molecular formula is C2H3F3N2OS. The Morgan fingerprint density at radius 1 is 1.56 bits per heavy atom. The Bertz CT molecular complexity index is 113. The molecule has 0 unspecified atom stereocenters. The van der Waals surface area contributed by atoms with Crippen molar-refractivity contribution in [2.45, 2.75) is 5.51 Å². The van der Waals surface area contributed by atoms with Crippen molar-refractivity contribution in [3.05, 3.63) is 0 Å². The van der Waals surface area contributed by atoms with Gasteiger partial charge in [-0.15, -0.1) is 0 Å². The molecule has 54 valence electrons. The minimum absolute atomic E-state index is 0.683. The monoisotopic (exact) mass is 160 g/mol. The first-order valence-electron chi connectivity index (χ1n) is 1.72. The van der Waals surface area contributed by atoms with Gasteiger partial charge in [0.2, 0.25) is 0 Å². The van der Waals surface area contributed by atoms with Crippen LogP contribution in [0.25, 0.3) is 0 Å². The lowest BCUT2D eigenvalue weighted by Gasteiger charge is -2.02. The summed E-state index contributed by atoms with van der Waals surface area (Å²) in [5, 5.41) is 0. The molecule has 0 aromatic rings. The first kappa shape index (κ1) is 8.41. The van der Waals surface area contributed by atoms with E-state index in [9.17, 15) is 18.0 Å². The molecule has 0 rings (SSSR count). The molecule has 0 aromatic heterocycles. The smallest absolute Gasteiger partial charge is 0.351 e. The summed E-state index contributed by atoms with van der Waals surface area (Å²) in [5.41, 5.74) is -0.135. The molecule has 9 heavy (non-hydrogen) atoms. The normalized spacial score (nSPS) is 11.0.